The van der Waals surface area contributed by atoms with Crippen molar-refractivity contribution < 1.29 is 13.2 Å². The van der Waals surface area contributed by atoms with Crippen molar-refractivity contribution in [2.75, 3.05) is 11.6 Å². The van der Waals surface area contributed by atoms with Gasteiger partial charge < -0.3 is 16.0 Å². The molecule has 0 aliphatic carbocycles. The average Bonchev–Trinajstić information content (AvgIpc) is 2.54. The van der Waals surface area contributed by atoms with Crippen LogP contribution in [-0.2, 0) is 10.0 Å². The fraction of sp³-hybridized carbons (Fsp3) is 0.312. The fourth-order valence-corrected chi connectivity index (χ4v) is 3.93. The molecule has 11 heteroatoms. The number of benzene rings is 1. The van der Waals surface area contributed by atoms with Crippen molar-refractivity contribution in [2.24, 2.45) is 5.73 Å². The van der Waals surface area contributed by atoms with E-state index in [4.69, 9.17) is 5.73 Å². The number of carbonyl (C=O) groups excluding carboxylic acids is 1. The normalized spacial score (nSPS) is 11.6. The molecule has 0 aliphatic rings. The number of aromatic amines is 1. The lowest BCUT2D eigenvalue weighted by Crippen LogP contribution is -2.30. The van der Waals surface area contributed by atoms with Gasteiger partial charge in [-0.1, -0.05) is 17.8 Å². The molecule has 1 aromatic heterocycles. The van der Waals surface area contributed by atoms with Gasteiger partial charge in [-0.15, -0.1) is 0 Å². The number of carbonyl (C=O) groups is 1. The van der Waals surface area contributed by atoms with Crippen LogP contribution in [0.3, 0.4) is 0 Å². The lowest BCUT2D eigenvalue weighted by molar-refractivity contribution is 0.0999. The molecule has 0 saturated carbocycles. The molecule has 2 rings (SSSR count). The summed E-state index contributed by atoms with van der Waals surface area (Å²) >= 11 is 1.18. The van der Waals surface area contributed by atoms with Crippen LogP contribution in [0.2, 0.25) is 0 Å². The Morgan fingerprint density at radius 1 is 1.33 bits per heavy atom. The second-order valence-electron chi connectivity index (χ2n) is 6.04. The summed E-state index contributed by atoms with van der Waals surface area (Å²) in [6.45, 7) is 5.18. The summed E-state index contributed by atoms with van der Waals surface area (Å²) in [6.07, 6.45) is 1.71. The van der Waals surface area contributed by atoms with Crippen molar-refractivity contribution in [3.8, 4) is 0 Å². The first-order valence-corrected chi connectivity index (χ1v) is 10.6. The SMILES string of the molecule is CSc1nc(Nc2cc(S(=O)(=O)NC(C)C)ccc2C)c(C(N)=O)c(=O)[nH]1. The Balaban J connectivity index is 2.55. The summed E-state index contributed by atoms with van der Waals surface area (Å²) in [7, 11) is -3.71. The molecule has 1 aromatic carbocycles. The number of hydrogen-bond acceptors (Lipinski definition) is 7. The molecule has 9 nitrogen and oxygen atoms in total. The van der Waals surface area contributed by atoms with Crippen LogP contribution in [0.4, 0.5) is 11.5 Å². The van der Waals surface area contributed by atoms with E-state index < -0.39 is 21.5 Å². The second kappa shape index (κ2) is 8.11. The number of nitrogens with two attached hydrogens (primary N) is 1. The van der Waals surface area contributed by atoms with Crippen LogP contribution in [0.15, 0.2) is 33.0 Å². The molecule has 1 heterocycles. The largest absolute Gasteiger partial charge is 0.365 e. The van der Waals surface area contributed by atoms with Crippen molar-refractivity contribution in [1.29, 1.82) is 0 Å². The highest BCUT2D eigenvalue weighted by Gasteiger charge is 2.20. The van der Waals surface area contributed by atoms with Gasteiger partial charge in [0.2, 0.25) is 10.0 Å². The lowest BCUT2D eigenvalue weighted by atomic mass is 10.2. The lowest BCUT2D eigenvalue weighted by Gasteiger charge is -2.15. The standard InChI is InChI=1S/C16H21N5O4S2/c1-8(2)21-27(24,25)10-6-5-9(3)11(7-10)18-14-12(13(17)22)15(23)20-16(19-14)26-4/h5-8,21H,1-4H3,(H2,17,22)(H2,18,19,20,23). The van der Waals surface area contributed by atoms with Crippen molar-refractivity contribution >= 4 is 39.2 Å². The fourth-order valence-electron chi connectivity index (χ4n) is 2.28. The predicted octanol–water partition coefficient (Wildman–Crippen LogP) is 1.33. The molecular weight excluding hydrogens is 390 g/mol. The zero-order valence-electron chi connectivity index (χ0n) is 15.3. The monoisotopic (exact) mass is 411 g/mol. The topological polar surface area (TPSA) is 147 Å². The molecule has 1 amide bonds. The maximum absolute atomic E-state index is 12.4. The van der Waals surface area contributed by atoms with Crippen LogP contribution >= 0.6 is 11.8 Å². The number of hydrogen-bond donors (Lipinski definition) is 4. The Morgan fingerprint density at radius 2 is 2.00 bits per heavy atom. The first-order chi connectivity index (χ1) is 12.5. The number of aryl methyl sites for hydroxylation is 1. The Hall–Kier alpha value is -2.37. The van der Waals surface area contributed by atoms with E-state index in [0.717, 1.165) is 0 Å². The minimum atomic E-state index is -3.71. The number of nitrogens with zero attached hydrogens (tertiary/aromatic N) is 1. The van der Waals surface area contributed by atoms with Crippen molar-refractivity contribution in [2.45, 2.75) is 36.9 Å². The van der Waals surface area contributed by atoms with Gasteiger partial charge in [0.25, 0.3) is 11.5 Å². The number of aromatic nitrogens is 2. The summed E-state index contributed by atoms with van der Waals surface area (Å²) < 4.78 is 27.3. The zero-order chi connectivity index (χ0) is 20.4. The Morgan fingerprint density at radius 3 is 2.56 bits per heavy atom. The number of sulfonamides is 1. The van der Waals surface area contributed by atoms with Gasteiger partial charge in [-0.2, -0.15) is 0 Å². The van der Waals surface area contributed by atoms with Gasteiger partial charge >= 0.3 is 0 Å². The first kappa shape index (κ1) is 20.9. The number of rotatable bonds is 7. The van der Waals surface area contributed by atoms with Crippen LogP contribution in [0.5, 0.6) is 0 Å². The predicted molar refractivity (Wildman–Crippen MR) is 105 cm³/mol. The number of H-pyrrole nitrogens is 1. The van der Waals surface area contributed by atoms with Gasteiger partial charge in [0.1, 0.15) is 5.56 Å². The minimum Gasteiger partial charge on any atom is -0.365 e. The molecule has 5 N–H and O–H groups in total. The Labute approximate surface area is 161 Å². The third kappa shape index (κ3) is 4.87. The summed E-state index contributed by atoms with van der Waals surface area (Å²) in [6, 6.07) is 4.22. The molecule has 0 saturated heterocycles. The number of thioether (sulfide) groups is 1. The van der Waals surface area contributed by atoms with Gasteiger partial charge in [-0.3, -0.25) is 9.59 Å². The second-order valence-corrected chi connectivity index (χ2v) is 8.55. The van der Waals surface area contributed by atoms with E-state index in [1.165, 1.54) is 23.9 Å². The summed E-state index contributed by atoms with van der Waals surface area (Å²) in [4.78, 5) is 30.5. The molecule has 0 spiro atoms. The third-order valence-electron chi connectivity index (χ3n) is 3.50. The minimum absolute atomic E-state index is 0.0370. The van der Waals surface area contributed by atoms with E-state index >= 15 is 0 Å². The Bertz CT molecular complexity index is 1030. The summed E-state index contributed by atoms with van der Waals surface area (Å²) in [5.74, 6) is -0.980. The highest BCUT2D eigenvalue weighted by Crippen LogP contribution is 2.25. The molecule has 27 heavy (non-hydrogen) atoms. The molecule has 0 radical (unpaired) electrons. The maximum Gasteiger partial charge on any atom is 0.266 e. The number of nitrogens with one attached hydrogen (secondary N) is 3. The smallest absolute Gasteiger partial charge is 0.266 e. The van der Waals surface area contributed by atoms with Crippen molar-refractivity contribution in [3.05, 3.63) is 39.7 Å². The van der Waals surface area contributed by atoms with Gasteiger partial charge in [0.15, 0.2) is 11.0 Å². The number of amides is 1. The highest BCUT2D eigenvalue weighted by molar-refractivity contribution is 7.98. The maximum atomic E-state index is 12.4. The van der Waals surface area contributed by atoms with Crippen molar-refractivity contribution in [1.82, 2.24) is 14.7 Å². The molecule has 0 fully saturated rings. The van der Waals surface area contributed by atoms with E-state index in [0.29, 0.717) is 11.3 Å². The molecule has 0 atom stereocenters. The van der Waals surface area contributed by atoms with Crippen LogP contribution in [0, 0.1) is 6.92 Å². The third-order valence-corrected chi connectivity index (χ3v) is 5.74. The number of primary amides is 1. The van der Waals surface area contributed by atoms with Crippen LogP contribution < -0.4 is 21.3 Å². The number of anilines is 2. The summed E-state index contributed by atoms with van der Waals surface area (Å²) in [5, 5.41) is 3.15. The van der Waals surface area contributed by atoms with E-state index in [1.807, 2.05) is 0 Å². The van der Waals surface area contributed by atoms with E-state index in [1.54, 1.807) is 33.1 Å². The van der Waals surface area contributed by atoms with Crippen LogP contribution in [0.1, 0.15) is 29.8 Å². The molecule has 2 aromatic rings. The van der Waals surface area contributed by atoms with E-state index in [9.17, 15) is 18.0 Å². The molecule has 0 unspecified atom stereocenters. The van der Waals surface area contributed by atoms with E-state index in [-0.39, 0.29) is 27.5 Å². The van der Waals surface area contributed by atoms with Gasteiger partial charge in [-0.05, 0) is 44.7 Å². The summed E-state index contributed by atoms with van der Waals surface area (Å²) in [5.41, 5.74) is 5.37. The molecule has 0 bridgehead atoms. The Kier molecular flexibility index (Phi) is 6.29. The quantitative estimate of drug-likeness (QED) is 0.397. The first-order valence-electron chi connectivity index (χ1n) is 7.93. The van der Waals surface area contributed by atoms with Crippen LogP contribution in [0.25, 0.3) is 0 Å². The van der Waals surface area contributed by atoms with Crippen molar-refractivity contribution in [3.63, 3.8) is 0 Å². The highest BCUT2D eigenvalue weighted by atomic mass is 32.2. The van der Waals surface area contributed by atoms with Crippen LogP contribution in [-0.4, -0.2) is 36.6 Å². The van der Waals surface area contributed by atoms with Gasteiger partial charge in [-0.25, -0.2) is 18.1 Å². The average molecular weight is 412 g/mol. The van der Waals surface area contributed by atoms with Gasteiger partial charge in [0.05, 0.1) is 4.90 Å². The van der Waals surface area contributed by atoms with E-state index in [2.05, 4.69) is 20.0 Å². The van der Waals surface area contributed by atoms with Gasteiger partial charge in [0, 0.05) is 11.7 Å². The molecule has 146 valence electrons. The molecular formula is C16H21N5O4S2. The zero-order valence-corrected chi connectivity index (χ0v) is 16.9. The molecule has 0 aliphatic heterocycles.